The Bertz CT molecular complexity index is 1040. The first-order valence-corrected chi connectivity index (χ1v) is 9.89. The maximum atomic E-state index is 14.8. The van der Waals surface area contributed by atoms with Gasteiger partial charge in [0.2, 0.25) is 6.10 Å². The van der Waals surface area contributed by atoms with E-state index in [0.29, 0.717) is 0 Å². The molecule has 1 N–H and O–H groups in total. The van der Waals surface area contributed by atoms with Crippen molar-refractivity contribution in [2.24, 2.45) is 0 Å². The van der Waals surface area contributed by atoms with Crippen LogP contribution in [0, 0.1) is 17.5 Å². The Balaban J connectivity index is 1.86. The smallest absolute Gasteiger partial charge is 0.447 e. The second-order valence-corrected chi connectivity index (χ2v) is 8.48. The highest BCUT2D eigenvalue weighted by molar-refractivity contribution is 6.62. The van der Waals surface area contributed by atoms with Gasteiger partial charge < -0.3 is 19.4 Å². The highest BCUT2D eigenvalue weighted by Crippen LogP contribution is 2.37. The van der Waals surface area contributed by atoms with Crippen molar-refractivity contribution in [3.05, 3.63) is 59.4 Å². The number of benzene rings is 2. The van der Waals surface area contributed by atoms with Gasteiger partial charge in [-0.15, -0.1) is 0 Å². The first kappa shape index (κ1) is 23.8. The quantitative estimate of drug-likeness (QED) is 0.558. The summed E-state index contributed by atoms with van der Waals surface area (Å²) in [6.45, 7) is 8.17. The molecular formula is C22H23BF3NO5. The monoisotopic (exact) mass is 449 g/mol. The molecule has 1 fully saturated rings. The van der Waals surface area contributed by atoms with Crippen LogP contribution in [0.1, 0.15) is 46.3 Å². The Morgan fingerprint density at radius 1 is 1.00 bits per heavy atom. The highest BCUT2D eigenvalue weighted by Gasteiger charge is 2.52. The summed E-state index contributed by atoms with van der Waals surface area (Å²) in [5, 5.41) is 2.19. The third kappa shape index (κ3) is 4.81. The molecule has 1 heterocycles. The SMILES string of the molecule is CC(=O)OC(C(=O)Nc1cc(F)c(B2OC(C)(C)C(C)(C)O2)cc1F)c1cccc(F)c1. The molecule has 3 rings (SSSR count). The standard InChI is InChI=1S/C22H23BF3NO5/c1-12(28)30-19(13-7-6-8-14(24)9-13)20(29)27-18-11-16(25)15(10-17(18)26)23-31-21(2,3)22(4,5)32-23/h6-11,19H,1-5H3,(H,27,29). The van der Waals surface area contributed by atoms with E-state index in [1.54, 1.807) is 27.7 Å². The van der Waals surface area contributed by atoms with Crippen molar-refractivity contribution in [3.8, 4) is 0 Å². The van der Waals surface area contributed by atoms with Gasteiger partial charge in [0.15, 0.2) is 0 Å². The number of halogens is 3. The molecule has 32 heavy (non-hydrogen) atoms. The van der Waals surface area contributed by atoms with E-state index in [9.17, 15) is 22.8 Å². The number of carbonyl (C=O) groups is 2. The lowest BCUT2D eigenvalue weighted by atomic mass is 9.78. The predicted molar refractivity (Wildman–Crippen MR) is 112 cm³/mol. The third-order valence-corrected chi connectivity index (χ3v) is 5.52. The largest absolute Gasteiger partial charge is 0.497 e. The first-order valence-electron chi connectivity index (χ1n) is 9.89. The van der Waals surface area contributed by atoms with Gasteiger partial charge in [-0.05, 0) is 45.9 Å². The number of rotatable bonds is 5. The maximum absolute atomic E-state index is 14.8. The maximum Gasteiger partial charge on any atom is 0.497 e. The van der Waals surface area contributed by atoms with Crippen LogP contribution in [0.25, 0.3) is 0 Å². The fraction of sp³-hybridized carbons (Fsp3) is 0.364. The predicted octanol–water partition coefficient (Wildman–Crippen LogP) is 3.65. The molecule has 10 heteroatoms. The van der Waals surface area contributed by atoms with E-state index < -0.39 is 59.4 Å². The molecule has 1 atom stereocenters. The summed E-state index contributed by atoms with van der Waals surface area (Å²) in [5.41, 5.74) is -2.12. The van der Waals surface area contributed by atoms with Gasteiger partial charge in [0.25, 0.3) is 5.91 Å². The number of nitrogens with one attached hydrogen (secondary N) is 1. The second-order valence-electron chi connectivity index (χ2n) is 8.48. The van der Waals surface area contributed by atoms with Crippen molar-refractivity contribution in [3.63, 3.8) is 0 Å². The summed E-state index contributed by atoms with van der Waals surface area (Å²) < 4.78 is 59.6. The van der Waals surface area contributed by atoms with Crippen molar-refractivity contribution < 1.29 is 36.8 Å². The Morgan fingerprint density at radius 2 is 1.62 bits per heavy atom. The number of ether oxygens (including phenoxy) is 1. The number of anilines is 1. The van der Waals surface area contributed by atoms with Crippen molar-refractivity contribution >= 4 is 30.1 Å². The fourth-order valence-corrected chi connectivity index (χ4v) is 3.12. The van der Waals surface area contributed by atoms with Gasteiger partial charge in [0.05, 0.1) is 16.9 Å². The second kappa shape index (κ2) is 8.59. The molecule has 6 nitrogen and oxygen atoms in total. The fourth-order valence-electron chi connectivity index (χ4n) is 3.12. The molecule has 0 aliphatic carbocycles. The van der Waals surface area contributed by atoms with Crippen LogP contribution in [-0.2, 0) is 23.6 Å². The molecule has 1 aliphatic heterocycles. The molecule has 170 valence electrons. The van der Waals surface area contributed by atoms with Gasteiger partial charge in [-0.3, -0.25) is 9.59 Å². The summed E-state index contributed by atoms with van der Waals surface area (Å²) in [5.74, 6) is -4.26. The molecule has 1 saturated heterocycles. The zero-order valence-corrected chi connectivity index (χ0v) is 18.3. The van der Waals surface area contributed by atoms with E-state index in [2.05, 4.69) is 5.32 Å². The minimum atomic E-state index is -1.56. The van der Waals surface area contributed by atoms with E-state index in [0.717, 1.165) is 31.2 Å². The number of amides is 1. The van der Waals surface area contributed by atoms with E-state index in [1.165, 1.54) is 12.1 Å². The minimum Gasteiger partial charge on any atom is -0.447 e. The molecule has 0 saturated carbocycles. The highest BCUT2D eigenvalue weighted by atomic mass is 19.1. The van der Waals surface area contributed by atoms with Gasteiger partial charge >= 0.3 is 13.1 Å². The summed E-state index contributed by atoms with van der Waals surface area (Å²) in [6, 6.07) is 6.50. The van der Waals surface area contributed by atoms with Gasteiger partial charge in [0, 0.05) is 24.0 Å². The molecule has 0 spiro atoms. The van der Waals surface area contributed by atoms with E-state index in [1.807, 2.05) is 0 Å². The van der Waals surface area contributed by atoms with Crippen LogP contribution in [0.4, 0.5) is 18.9 Å². The summed E-state index contributed by atoms with van der Waals surface area (Å²) in [6.07, 6.45) is -1.56. The van der Waals surface area contributed by atoms with Crippen molar-refractivity contribution in [1.29, 1.82) is 0 Å². The molecular weight excluding hydrogens is 426 g/mol. The zero-order chi connectivity index (χ0) is 23.8. The Morgan fingerprint density at radius 3 is 2.19 bits per heavy atom. The van der Waals surface area contributed by atoms with Crippen molar-refractivity contribution in [1.82, 2.24) is 0 Å². The Hall–Kier alpha value is -2.85. The van der Waals surface area contributed by atoms with Gasteiger partial charge in [-0.1, -0.05) is 12.1 Å². The van der Waals surface area contributed by atoms with Crippen LogP contribution in [-0.4, -0.2) is 30.2 Å². The molecule has 2 aromatic carbocycles. The number of esters is 1. The van der Waals surface area contributed by atoms with Crippen LogP contribution in [0.3, 0.4) is 0 Å². The van der Waals surface area contributed by atoms with Crippen LogP contribution < -0.4 is 10.8 Å². The van der Waals surface area contributed by atoms with E-state index >= 15 is 0 Å². The van der Waals surface area contributed by atoms with Crippen molar-refractivity contribution in [2.45, 2.75) is 51.9 Å². The lowest BCUT2D eigenvalue weighted by Gasteiger charge is -2.32. The summed E-state index contributed by atoms with van der Waals surface area (Å²) in [4.78, 5) is 24.1. The van der Waals surface area contributed by atoms with Gasteiger partial charge in [-0.25, -0.2) is 13.2 Å². The van der Waals surface area contributed by atoms with E-state index in [-0.39, 0.29) is 11.0 Å². The Labute approximate surface area is 184 Å². The van der Waals surface area contributed by atoms with Gasteiger partial charge in [-0.2, -0.15) is 0 Å². The summed E-state index contributed by atoms with van der Waals surface area (Å²) in [7, 11) is -1.14. The normalized spacial score (nSPS) is 17.7. The topological polar surface area (TPSA) is 73.9 Å². The zero-order valence-electron chi connectivity index (χ0n) is 18.3. The molecule has 1 unspecified atom stereocenters. The number of hydrogen-bond donors (Lipinski definition) is 1. The Kier molecular flexibility index (Phi) is 6.39. The molecule has 1 aliphatic rings. The van der Waals surface area contributed by atoms with E-state index in [4.69, 9.17) is 14.0 Å². The summed E-state index contributed by atoms with van der Waals surface area (Å²) >= 11 is 0. The molecule has 0 bridgehead atoms. The molecule has 2 aromatic rings. The average Bonchev–Trinajstić information content (AvgIpc) is 2.89. The van der Waals surface area contributed by atoms with Crippen molar-refractivity contribution in [2.75, 3.05) is 5.32 Å². The molecule has 0 radical (unpaired) electrons. The van der Waals surface area contributed by atoms with Crippen LogP contribution >= 0.6 is 0 Å². The molecule has 1 amide bonds. The lowest BCUT2D eigenvalue weighted by molar-refractivity contribution is -0.152. The number of carbonyl (C=O) groups excluding carboxylic acids is 2. The first-order chi connectivity index (χ1) is 14.8. The lowest BCUT2D eigenvalue weighted by Crippen LogP contribution is -2.41. The van der Waals surface area contributed by atoms with Crippen LogP contribution in [0.2, 0.25) is 0 Å². The minimum absolute atomic E-state index is 0.0346. The van der Waals surface area contributed by atoms with Crippen LogP contribution in [0.15, 0.2) is 36.4 Å². The third-order valence-electron chi connectivity index (χ3n) is 5.52. The number of hydrogen-bond acceptors (Lipinski definition) is 5. The van der Waals surface area contributed by atoms with Gasteiger partial charge in [0.1, 0.15) is 17.5 Å². The van der Waals surface area contributed by atoms with Crippen LogP contribution in [0.5, 0.6) is 0 Å². The average molecular weight is 449 g/mol. The molecule has 0 aromatic heterocycles.